The third-order valence-corrected chi connectivity index (χ3v) is 3.26. The van der Waals surface area contributed by atoms with Crippen molar-refractivity contribution in [1.82, 2.24) is 0 Å². The van der Waals surface area contributed by atoms with Crippen LogP contribution in [0.15, 0.2) is 48.5 Å². The Balaban J connectivity index is 2.34. The van der Waals surface area contributed by atoms with Crippen LogP contribution in [-0.2, 0) is 0 Å². The van der Waals surface area contributed by atoms with Crippen molar-refractivity contribution in [3.63, 3.8) is 0 Å². The molecule has 94 valence electrons. The molecule has 18 heavy (non-hydrogen) atoms. The summed E-state index contributed by atoms with van der Waals surface area (Å²) in [5.74, 6) is 0. The lowest BCUT2D eigenvalue weighted by molar-refractivity contribution is 0.199. The van der Waals surface area contributed by atoms with E-state index in [0.717, 1.165) is 16.9 Å². The van der Waals surface area contributed by atoms with Crippen molar-refractivity contribution in [1.29, 1.82) is 0 Å². The van der Waals surface area contributed by atoms with E-state index >= 15 is 0 Å². The molecule has 0 amide bonds. The number of aliphatic hydroxyl groups is 1. The normalized spacial score (nSPS) is 12.2. The van der Waals surface area contributed by atoms with Crippen LogP contribution in [0.3, 0.4) is 0 Å². The number of nitrogens with zero attached hydrogens (tertiary/aromatic N) is 1. The number of anilines is 2. The first-order valence-electron chi connectivity index (χ1n) is 5.86. The molecule has 0 radical (unpaired) electrons. The van der Waals surface area contributed by atoms with Gasteiger partial charge in [0, 0.05) is 12.7 Å². The van der Waals surface area contributed by atoms with E-state index < -0.39 is 6.10 Å². The highest BCUT2D eigenvalue weighted by Crippen LogP contribution is 2.32. The SMILES string of the molecule is CC(O)c1ccc(N(C)c2ccccc2)c(Cl)c1. The third kappa shape index (κ3) is 2.66. The lowest BCUT2D eigenvalue weighted by Gasteiger charge is -2.21. The maximum absolute atomic E-state index is 9.52. The highest BCUT2D eigenvalue weighted by atomic mass is 35.5. The first-order valence-corrected chi connectivity index (χ1v) is 6.23. The highest BCUT2D eigenvalue weighted by Gasteiger charge is 2.10. The van der Waals surface area contributed by atoms with Crippen LogP contribution in [0.4, 0.5) is 11.4 Å². The average Bonchev–Trinajstić information content (AvgIpc) is 2.38. The Kier molecular flexibility index (Phi) is 3.90. The number of halogens is 1. The van der Waals surface area contributed by atoms with E-state index in [-0.39, 0.29) is 0 Å². The van der Waals surface area contributed by atoms with Gasteiger partial charge >= 0.3 is 0 Å². The van der Waals surface area contributed by atoms with Gasteiger partial charge in [0.15, 0.2) is 0 Å². The fraction of sp³-hybridized carbons (Fsp3) is 0.200. The van der Waals surface area contributed by atoms with Gasteiger partial charge in [-0.1, -0.05) is 35.9 Å². The van der Waals surface area contributed by atoms with Gasteiger partial charge in [-0.3, -0.25) is 0 Å². The van der Waals surface area contributed by atoms with E-state index in [1.165, 1.54) is 0 Å². The molecule has 2 rings (SSSR count). The van der Waals surface area contributed by atoms with Crippen molar-refractivity contribution in [2.24, 2.45) is 0 Å². The van der Waals surface area contributed by atoms with Gasteiger partial charge in [0.25, 0.3) is 0 Å². The Hall–Kier alpha value is -1.51. The smallest absolute Gasteiger partial charge is 0.0762 e. The first kappa shape index (κ1) is 12.9. The Morgan fingerprint density at radius 1 is 1.11 bits per heavy atom. The minimum atomic E-state index is -0.501. The summed E-state index contributed by atoms with van der Waals surface area (Å²) >= 11 is 6.27. The molecule has 0 fully saturated rings. The van der Waals surface area contributed by atoms with E-state index in [1.54, 1.807) is 13.0 Å². The summed E-state index contributed by atoms with van der Waals surface area (Å²) in [6.07, 6.45) is -0.501. The second kappa shape index (κ2) is 5.42. The van der Waals surface area contributed by atoms with Crippen molar-refractivity contribution < 1.29 is 5.11 Å². The molecule has 0 heterocycles. The van der Waals surface area contributed by atoms with E-state index in [1.807, 2.05) is 54.4 Å². The summed E-state index contributed by atoms with van der Waals surface area (Å²) in [4.78, 5) is 2.02. The minimum absolute atomic E-state index is 0.501. The maximum Gasteiger partial charge on any atom is 0.0762 e. The van der Waals surface area contributed by atoms with Crippen LogP contribution < -0.4 is 4.90 Å². The fourth-order valence-electron chi connectivity index (χ4n) is 1.85. The Bertz CT molecular complexity index is 525. The van der Waals surface area contributed by atoms with Crippen LogP contribution in [0.1, 0.15) is 18.6 Å². The summed E-state index contributed by atoms with van der Waals surface area (Å²) in [6.45, 7) is 1.73. The number of hydrogen-bond acceptors (Lipinski definition) is 2. The quantitative estimate of drug-likeness (QED) is 0.897. The van der Waals surface area contributed by atoms with Crippen molar-refractivity contribution >= 4 is 23.0 Å². The van der Waals surface area contributed by atoms with Crippen molar-refractivity contribution in [2.45, 2.75) is 13.0 Å². The van der Waals surface area contributed by atoms with E-state index in [9.17, 15) is 5.11 Å². The Labute approximate surface area is 112 Å². The van der Waals surface area contributed by atoms with Gasteiger partial charge in [-0.2, -0.15) is 0 Å². The number of para-hydroxylation sites is 1. The highest BCUT2D eigenvalue weighted by molar-refractivity contribution is 6.33. The molecule has 0 bridgehead atoms. The summed E-state index contributed by atoms with van der Waals surface area (Å²) in [5.41, 5.74) is 2.82. The average molecular weight is 262 g/mol. The van der Waals surface area contributed by atoms with Gasteiger partial charge in [-0.15, -0.1) is 0 Å². The molecule has 0 saturated carbocycles. The van der Waals surface area contributed by atoms with Crippen molar-refractivity contribution in [3.05, 3.63) is 59.1 Å². The second-order valence-corrected chi connectivity index (χ2v) is 4.69. The summed E-state index contributed by atoms with van der Waals surface area (Å²) in [6, 6.07) is 15.6. The Morgan fingerprint density at radius 3 is 2.33 bits per heavy atom. The monoisotopic (exact) mass is 261 g/mol. The van der Waals surface area contributed by atoms with Gasteiger partial charge in [0.2, 0.25) is 0 Å². The van der Waals surface area contributed by atoms with Crippen LogP contribution in [0, 0.1) is 0 Å². The number of aliphatic hydroxyl groups excluding tert-OH is 1. The fourth-order valence-corrected chi connectivity index (χ4v) is 2.16. The van der Waals surface area contributed by atoms with Gasteiger partial charge < -0.3 is 10.0 Å². The van der Waals surface area contributed by atoms with E-state index in [0.29, 0.717) is 5.02 Å². The molecule has 0 aromatic heterocycles. The first-order chi connectivity index (χ1) is 8.59. The predicted octanol–water partition coefficient (Wildman–Crippen LogP) is 4.16. The molecule has 2 aromatic rings. The van der Waals surface area contributed by atoms with E-state index in [2.05, 4.69) is 0 Å². The summed E-state index contributed by atoms with van der Waals surface area (Å²) in [5, 5.41) is 10.2. The molecule has 1 unspecified atom stereocenters. The zero-order valence-corrected chi connectivity index (χ0v) is 11.2. The summed E-state index contributed by atoms with van der Waals surface area (Å²) in [7, 11) is 1.97. The van der Waals surface area contributed by atoms with Crippen molar-refractivity contribution in [2.75, 3.05) is 11.9 Å². The van der Waals surface area contributed by atoms with Crippen LogP contribution in [-0.4, -0.2) is 12.2 Å². The zero-order chi connectivity index (χ0) is 13.1. The zero-order valence-electron chi connectivity index (χ0n) is 10.5. The molecular formula is C15H16ClNO. The molecule has 1 atom stereocenters. The molecular weight excluding hydrogens is 246 g/mol. The van der Waals surface area contributed by atoms with Crippen LogP contribution >= 0.6 is 11.6 Å². The number of rotatable bonds is 3. The number of hydrogen-bond donors (Lipinski definition) is 1. The third-order valence-electron chi connectivity index (χ3n) is 2.96. The largest absolute Gasteiger partial charge is 0.389 e. The molecule has 0 aliphatic heterocycles. The molecule has 3 heteroatoms. The standard InChI is InChI=1S/C15H16ClNO/c1-11(18)12-8-9-15(14(16)10-12)17(2)13-6-4-3-5-7-13/h3-11,18H,1-2H3. The molecule has 1 N–H and O–H groups in total. The van der Waals surface area contributed by atoms with Gasteiger partial charge in [0.1, 0.15) is 0 Å². The topological polar surface area (TPSA) is 23.5 Å². The molecule has 0 aliphatic carbocycles. The van der Waals surface area contributed by atoms with Crippen LogP contribution in [0.5, 0.6) is 0 Å². The van der Waals surface area contributed by atoms with Crippen LogP contribution in [0.2, 0.25) is 5.02 Å². The lowest BCUT2D eigenvalue weighted by Crippen LogP contribution is -2.10. The lowest BCUT2D eigenvalue weighted by atomic mass is 10.1. The molecule has 0 saturated heterocycles. The number of benzene rings is 2. The molecule has 2 aromatic carbocycles. The van der Waals surface area contributed by atoms with Crippen LogP contribution in [0.25, 0.3) is 0 Å². The second-order valence-electron chi connectivity index (χ2n) is 4.28. The van der Waals surface area contributed by atoms with E-state index in [4.69, 9.17) is 11.6 Å². The summed E-state index contributed by atoms with van der Waals surface area (Å²) < 4.78 is 0. The maximum atomic E-state index is 9.52. The molecule has 0 spiro atoms. The predicted molar refractivity (Wildman–Crippen MR) is 76.6 cm³/mol. The molecule has 0 aliphatic rings. The minimum Gasteiger partial charge on any atom is -0.389 e. The van der Waals surface area contributed by atoms with Crippen molar-refractivity contribution in [3.8, 4) is 0 Å². The van der Waals surface area contributed by atoms with Gasteiger partial charge in [0.05, 0.1) is 16.8 Å². The Morgan fingerprint density at radius 2 is 1.78 bits per heavy atom. The van der Waals surface area contributed by atoms with Gasteiger partial charge in [-0.25, -0.2) is 0 Å². The molecule has 2 nitrogen and oxygen atoms in total. The van der Waals surface area contributed by atoms with Gasteiger partial charge in [-0.05, 0) is 36.8 Å².